The summed E-state index contributed by atoms with van der Waals surface area (Å²) in [7, 11) is -3.85. The number of carbonyl (C=O) groups excluding carboxylic acids is 1. The molecule has 2 rings (SSSR count). The zero-order chi connectivity index (χ0) is 14.3. The van der Waals surface area contributed by atoms with Gasteiger partial charge < -0.3 is 4.74 Å². The van der Waals surface area contributed by atoms with Crippen molar-refractivity contribution < 1.29 is 22.3 Å². The van der Waals surface area contributed by atoms with Gasteiger partial charge in [-0.3, -0.25) is 4.79 Å². The van der Waals surface area contributed by atoms with Crippen LogP contribution in [0.3, 0.4) is 0 Å². The lowest BCUT2D eigenvalue weighted by atomic mass is 10.1. The van der Waals surface area contributed by atoms with Gasteiger partial charge >= 0.3 is 5.97 Å². The van der Waals surface area contributed by atoms with Crippen molar-refractivity contribution in [2.75, 3.05) is 13.2 Å². The Kier molecular flexibility index (Phi) is 3.36. The number of nitrogens with zero attached hydrogens (tertiary/aromatic N) is 1. The minimum Gasteiger partial charge on any atom is -0.463 e. The third kappa shape index (κ3) is 2.35. The number of benzene rings is 1. The van der Waals surface area contributed by atoms with Gasteiger partial charge in [0.05, 0.1) is 4.90 Å². The average molecular weight is 287 g/mol. The van der Waals surface area contributed by atoms with E-state index in [1.807, 2.05) is 0 Å². The van der Waals surface area contributed by atoms with Crippen LogP contribution in [0.2, 0.25) is 0 Å². The van der Waals surface area contributed by atoms with Gasteiger partial charge in [0.15, 0.2) is 0 Å². The molecule has 1 aromatic carbocycles. The lowest BCUT2D eigenvalue weighted by Gasteiger charge is -2.38. The molecule has 1 heterocycles. The summed E-state index contributed by atoms with van der Waals surface area (Å²) in [5.41, 5.74) is -1.27. The number of cyclic esters (lactones) is 1. The topological polar surface area (TPSA) is 63.7 Å². The van der Waals surface area contributed by atoms with E-state index in [0.29, 0.717) is 0 Å². The Morgan fingerprint density at radius 2 is 1.84 bits per heavy atom. The zero-order valence-corrected chi connectivity index (χ0v) is 11.4. The van der Waals surface area contributed by atoms with Crippen molar-refractivity contribution in [3.05, 3.63) is 30.1 Å². The Bertz CT molecular complexity index is 595. The second-order valence-electron chi connectivity index (χ2n) is 4.73. The van der Waals surface area contributed by atoms with E-state index in [1.54, 1.807) is 0 Å². The molecular weight excluding hydrogens is 273 g/mol. The molecule has 1 saturated heterocycles. The first-order valence-electron chi connectivity index (χ1n) is 5.72. The van der Waals surface area contributed by atoms with Crippen molar-refractivity contribution in [2.45, 2.75) is 24.3 Å². The Balaban J connectivity index is 2.44. The van der Waals surface area contributed by atoms with Gasteiger partial charge in [-0.05, 0) is 38.1 Å². The summed E-state index contributed by atoms with van der Waals surface area (Å²) in [6.07, 6.45) is 0. The number of ether oxygens (including phenoxy) is 1. The monoisotopic (exact) mass is 287 g/mol. The summed E-state index contributed by atoms with van der Waals surface area (Å²) in [6, 6.07) is 4.51. The first-order chi connectivity index (χ1) is 8.76. The SMILES string of the molecule is CC1(C)C(=O)OCCN1S(=O)(=O)c1ccc(F)cc1. The predicted molar refractivity (Wildman–Crippen MR) is 65.3 cm³/mol. The summed E-state index contributed by atoms with van der Waals surface area (Å²) in [4.78, 5) is 11.6. The van der Waals surface area contributed by atoms with E-state index in [9.17, 15) is 17.6 Å². The fourth-order valence-corrected chi connectivity index (χ4v) is 3.66. The van der Waals surface area contributed by atoms with Crippen molar-refractivity contribution in [2.24, 2.45) is 0 Å². The van der Waals surface area contributed by atoms with Gasteiger partial charge in [0.1, 0.15) is 18.0 Å². The molecule has 0 radical (unpaired) electrons. The molecule has 104 valence electrons. The summed E-state index contributed by atoms with van der Waals surface area (Å²) >= 11 is 0. The average Bonchev–Trinajstić information content (AvgIpc) is 2.33. The number of halogens is 1. The Morgan fingerprint density at radius 3 is 2.42 bits per heavy atom. The fourth-order valence-electron chi connectivity index (χ4n) is 1.93. The quantitative estimate of drug-likeness (QED) is 0.766. The van der Waals surface area contributed by atoms with Crippen molar-refractivity contribution in [3.63, 3.8) is 0 Å². The minimum absolute atomic E-state index is 0.0166. The molecule has 1 aliphatic heterocycles. The van der Waals surface area contributed by atoms with Crippen LogP contribution in [0, 0.1) is 5.82 Å². The van der Waals surface area contributed by atoms with Crippen LogP contribution in [-0.2, 0) is 19.6 Å². The maximum absolute atomic E-state index is 12.8. The van der Waals surface area contributed by atoms with Crippen LogP contribution >= 0.6 is 0 Å². The van der Waals surface area contributed by atoms with Crippen LogP contribution in [-0.4, -0.2) is 37.4 Å². The van der Waals surface area contributed by atoms with Crippen LogP contribution in [0.15, 0.2) is 29.2 Å². The lowest BCUT2D eigenvalue weighted by Crippen LogP contribution is -2.58. The molecule has 1 aromatic rings. The number of morpholine rings is 1. The first-order valence-corrected chi connectivity index (χ1v) is 7.16. The smallest absolute Gasteiger partial charge is 0.327 e. The highest BCUT2D eigenvalue weighted by atomic mass is 32.2. The van der Waals surface area contributed by atoms with Gasteiger partial charge in [-0.2, -0.15) is 4.31 Å². The fraction of sp³-hybridized carbons (Fsp3) is 0.417. The van der Waals surface area contributed by atoms with Crippen LogP contribution in [0.5, 0.6) is 0 Å². The molecule has 7 heteroatoms. The van der Waals surface area contributed by atoms with Crippen molar-refractivity contribution in [1.29, 1.82) is 0 Å². The summed E-state index contributed by atoms with van der Waals surface area (Å²) < 4.78 is 43.7. The van der Waals surface area contributed by atoms with E-state index in [0.717, 1.165) is 16.4 Å². The van der Waals surface area contributed by atoms with Crippen molar-refractivity contribution in [3.8, 4) is 0 Å². The molecule has 0 atom stereocenters. The molecule has 1 aliphatic rings. The van der Waals surface area contributed by atoms with Crippen LogP contribution in [0.1, 0.15) is 13.8 Å². The van der Waals surface area contributed by atoms with Crippen LogP contribution < -0.4 is 0 Å². The molecular formula is C12H14FNO4S. The van der Waals surface area contributed by atoms with E-state index in [2.05, 4.69) is 0 Å². The molecule has 0 saturated carbocycles. The number of sulfonamides is 1. The van der Waals surface area contributed by atoms with Gasteiger partial charge in [-0.25, -0.2) is 12.8 Å². The molecule has 0 bridgehead atoms. The van der Waals surface area contributed by atoms with Gasteiger partial charge in [-0.15, -0.1) is 0 Å². The van der Waals surface area contributed by atoms with Crippen LogP contribution in [0.25, 0.3) is 0 Å². The Morgan fingerprint density at radius 1 is 1.26 bits per heavy atom. The highest BCUT2D eigenvalue weighted by Crippen LogP contribution is 2.28. The number of esters is 1. The molecule has 0 amide bonds. The highest BCUT2D eigenvalue weighted by Gasteiger charge is 2.46. The van der Waals surface area contributed by atoms with Crippen molar-refractivity contribution in [1.82, 2.24) is 4.31 Å². The number of rotatable bonds is 2. The molecule has 0 unspecified atom stereocenters. The molecule has 1 fully saturated rings. The molecule has 5 nitrogen and oxygen atoms in total. The predicted octanol–water partition coefficient (Wildman–Crippen LogP) is 1.15. The maximum atomic E-state index is 12.8. The molecule has 19 heavy (non-hydrogen) atoms. The Hall–Kier alpha value is -1.47. The van der Waals surface area contributed by atoms with E-state index in [4.69, 9.17) is 4.74 Å². The molecule has 0 aliphatic carbocycles. The van der Waals surface area contributed by atoms with E-state index in [-0.39, 0.29) is 18.0 Å². The summed E-state index contributed by atoms with van der Waals surface area (Å²) in [6.45, 7) is 3.06. The third-order valence-corrected chi connectivity index (χ3v) is 5.14. The van der Waals surface area contributed by atoms with E-state index < -0.39 is 27.3 Å². The molecule has 0 aromatic heterocycles. The third-order valence-electron chi connectivity index (χ3n) is 3.05. The maximum Gasteiger partial charge on any atom is 0.327 e. The molecule has 0 N–H and O–H groups in total. The number of hydrogen-bond donors (Lipinski definition) is 0. The summed E-state index contributed by atoms with van der Waals surface area (Å²) in [5.74, 6) is -1.11. The largest absolute Gasteiger partial charge is 0.463 e. The normalized spacial score (nSPS) is 20.1. The van der Waals surface area contributed by atoms with Gasteiger partial charge in [0.25, 0.3) is 0 Å². The van der Waals surface area contributed by atoms with Gasteiger partial charge in [0, 0.05) is 6.54 Å². The molecule has 0 spiro atoms. The second-order valence-corrected chi connectivity index (χ2v) is 6.59. The van der Waals surface area contributed by atoms with E-state index in [1.165, 1.54) is 26.0 Å². The second kappa shape index (κ2) is 4.57. The summed E-state index contributed by atoms with van der Waals surface area (Å²) in [5, 5.41) is 0. The standard InChI is InChI=1S/C12H14FNO4S/c1-12(2)11(15)18-8-7-14(12)19(16,17)10-5-3-9(13)4-6-10/h3-6H,7-8H2,1-2H3. The van der Waals surface area contributed by atoms with Gasteiger partial charge in [-0.1, -0.05) is 0 Å². The number of hydrogen-bond acceptors (Lipinski definition) is 4. The van der Waals surface area contributed by atoms with Gasteiger partial charge in [0.2, 0.25) is 10.0 Å². The first kappa shape index (κ1) is 14.0. The lowest BCUT2D eigenvalue weighted by molar-refractivity contribution is -0.160. The highest BCUT2D eigenvalue weighted by molar-refractivity contribution is 7.89. The van der Waals surface area contributed by atoms with Crippen LogP contribution in [0.4, 0.5) is 4.39 Å². The zero-order valence-electron chi connectivity index (χ0n) is 10.6. The number of carbonyl (C=O) groups is 1. The Labute approximate surface area is 111 Å². The van der Waals surface area contributed by atoms with E-state index >= 15 is 0 Å². The van der Waals surface area contributed by atoms with Crippen molar-refractivity contribution >= 4 is 16.0 Å². The minimum atomic E-state index is -3.85.